The Morgan fingerprint density at radius 2 is 1.78 bits per heavy atom. The van der Waals surface area contributed by atoms with Crippen LogP contribution in [-0.2, 0) is 19.1 Å². The minimum Gasteiger partial charge on any atom is -0.508 e. The van der Waals surface area contributed by atoms with Gasteiger partial charge in [0.25, 0.3) is 0 Å². The largest absolute Gasteiger partial charge is 0.508 e. The maximum Gasteiger partial charge on any atom is 0.336 e. The van der Waals surface area contributed by atoms with E-state index in [-0.39, 0.29) is 30.7 Å². The van der Waals surface area contributed by atoms with E-state index in [4.69, 9.17) is 9.47 Å². The molecule has 6 heteroatoms. The van der Waals surface area contributed by atoms with Gasteiger partial charge in [-0.05, 0) is 81.3 Å². The van der Waals surface area contributed by atoms with Crippen LogP contribution in [0, 0.1) is 20.8 Å². The van der Waals surface area contributed by atoms with Crippen molar-refractivity contribution >= 4 is 11.8 Å². The molecule has 0 fully saturated rings. The van der Waals surface area contributed by atoms with Crippen LogP contribution < -0.4 is 5.32 Å². The van der Waals surface area contributed by atoms with E-state index < -0.39 is 11.9 Å². The minimum absolute atomic E-state index is 0.00118. The van der Waals surface area contributed by atoms with E-state index in [2.05, 4.69) is 38.2 Å². The average molecular weight is 490 g/mol. The first-order chi connectivity index (χ1) is 17.2. The van der Waals surface area contributed by atoms with Crippen LogP contribution in [0.2, 0.25) is 0 Å². The van der Waals surface area contributed by atoms with E-state index in [9.17, 15) is 14.7 Å². The molecule has 1 heterocycles. The maximum atomic E-state index is 13.9. The quantitative estimate of drug-likeness (QED) is 0.516. The number of ketones is 1. The van der Waals surface area contributed by atoms with Gasteiger partial charge in [0, 0.05) is 30.2 Å². The molecule has 1 aliphatic carbocycles. The number of esters is 1. The zero-order valence-electron chi connectivity index (χ0n) is 21.7. The fourth-order valence-electron chi connectivity index (χ4n) is 5.80. The number of ether oxygens (including phenoxy) is 2. The second-order valence-electron chi connectivity index (χ2n) is 9.64. The van der Waals surface area contributed by atoms with E-state index in [1.165, 1.54) is 22.3 Å². The maximum absolute atomic E-state index is 13.9. The van der Waals surface area contributed by atoms with Gasteiger partial charge in [0.05, 0.1) is 24.5 Å². The lowest BCUT2D eigenvalue weighted by Crippen LogP contribution is -2.38. The van der Waals surface area contributed by atoms with Gasteiger partial charge >= 0.3 is 5.97 Å². The molecule has 0 radical (unpaired) electrons. The third kappa shape index (κ3) is 4.96. The number of carbonyl (C=O) groups is 2. The Balaban J connectivity index is 1.86. The van der Waals surface area contributed by atoms with Crippen molar-refractivity contribution < 1.29 is 24.2 Å². The number of nitrogens with one attached hydrogen (secondary N) is 1. The second-order valence-corrected chi connectivity index (χ2v) is 9.64. The highest BCUT2D eigenvalue weighted by Gasteiger charge is 2.42. The Morgan fingerprint density at radius 1 is 1.06 bits per heavy atom. The molecule has 6 nitrogen and oxygen atoms in total. The highest BCUT2D eigenvalue weighted by molar-refractivity contribution is 6.04. The second kappa shape index (κ2) is 10.7. The number of aryl methyl sites for hydroxylation is 3. The fraction of sp³-hybridized carbons (Fsp3) is 0.400. The predicted molar refractivity (Wildman–Crippen MR) is 139 cm³/mol. The van der Waals surface area contributed by atoms with Crippen molar-refractivity contribution in [3.8, 4) is 5.75 Å². The average Bonchev–Trinajstić information content (AvgIpc) is 2.81. The van der Waals surface area contributed by atoms with Crippen molar-refractivity contribution in [1.29, 1.82) is 0 Å². The number of benzene rings is 2. The van der Waals surface area contributed by atoms with E-state index in [0.717, 1.165) is 5.70 Å². The summed E-state index contributed by atoms with van der Waals surface area (Å²) < 4.78 is 11.2. The first-order valence-electron chi connectivity index (χ1n) is 12.6. The summed E-state index contributed by atoms with van der Waals surface area (Å²) in [4.78, 5) is 27.1. The van der Waals surface area contributed by atoms with Crippen LogP contribution in [0.1, 0.15) is 66.3 Å². The van der Waals surface area contributed by atoms with E-state index >= 15 is 0 Å². The fourth-order valence-corrected chi connectivity index (χ4v) is 5.80. The zero-order chi connectivity index (χ0) is 26.0. The predicted octanol–water partition coefficient (Wildman–Crippen LogP) is 5.26. The third-order valence-electron chi connectivity index (χ3n) is 7.01. The molecule has 0 aromatic heterocycles. The smallest absolute Gasteiger partial charge is 0.336 e. The van der Waals surface area contributed by atoms with Crippen LogP contribution in [-0.4, -0.2) is 36.7 Å². The number of phenolic OH excluding ortho intramolecular Hbond substituents is 1. The molecule has 2 aliphatic rings. The summed E-state index contributed by atoms with van der Waals surface area (Å²) in [5.74, 6) is -1.02. The Kier molecular flexibility index (Phi) is 7.65. The number of Topliss-reactive ketones (excluding diaryl/α,β-unsaturated/α-hetero) is 1. The number of allylic oxidation sites excluding steroid dienone is 2. The van der Waals surface area contributed by atoms with Gasteiger partial charge in [0.2, 0.25) is 0 Å². The molecule has 190 valence electrons. The summed E-state index contributed by atoms with van der Waals surface area (Å²) in [7, 11) is 0. The monoisotopic (exact) mass is 489 g/mol. The lowest BCUT2D eigenvalue weighted by atomic mass is 9.70. The van der Waals surface area contributed by atoms with Crippen molar-refractivity contribution in [2.75, 3.05) is 19.8 Å². The zero-order valence-corrected chi connectivity index (χ0v) is 21.7. The topological polar surface area (TPSA) is 84.9 Å². The van der Waals surface area contributed by atoms with E-state index in [1.807, 2.05) is 13.0 Å². The summed E-state index contributed by atoms with van der Waals surface area (Å²) in [6, 6.07) is 11.1. The van der Waals surface area contributed by atoms with Crippen LogP contribution in [0.15, 0.2) is 58.9 Å². The Labute approximate surface area is 213 Å². The number of rotatable bonds is 7. The molecule has 0 bridgehead atoms. The van der Waals surface area contributed by atoms with Gasteiger partial charge in [-0.25, -0.2) is 4.79 Å². The Bertz CT molecular complexity index is 1230. The standard InChI is InChI=1S/C30H35NO5/c1-6-35-16-24-29(30(34)36-7-2)27(20-9-8-10-22(32)13-20)28-23(31-24)14-21(15-25(28)33)26-18(4)11-17(3)12-19(26)5/h8-13,21,27,31-32H,6-7,14-16H2,1-5H3. The molecule has 0 saturated heterocycles. The summed E-state index contributed by atoms with van der Waals surface area (Å²) >= 11 is 0. The van der Waals surface area contributed by atoms with Crippen LogP contribution >= 0.6 is 0 Å². The normalized spacial score (nSPS) is 19.8. The number of hydrogen-bond acceptors (Lipinski definition) is 6. The summed E-state index contributed by atoms with van der Waals surface area (Å²) in [6.45, 7) is 10.8. The van der Waals surface area contributed by atoms with Gasteiger partial charge in [-0.1, -0.05) is 29.8 Å². The molecule has 36 heavy (non-hydrogen) atoms. The van der Waals surface area contributed by atoms with Crippen molar-refractivity contribution in [2.24, 2.45) is 0 Å². The number of phenols is 1. The van der Waals surface area contributed by atoms with Gasteiger partial charge in [0.1, 0.15) is 5.75 Å². The Morgan fingerprint density at radius 3 is 2.42 bits per heavy atom. The van der Waals surface area contributed by atoms with Crippen LogP contribution in [0.3, 0.4) is 0 Å². The molecule has 2 atom stereocenters. The van der Waals surface area contributed by atoms with Gasteiger partial charge in [-0.2, -0.15) is 0 Å². The van der Waals surface area contributed by atoms with E-state index in [0.29, 0.717) is 41.9 Å². The van der Waals surface area contributed by atoms with Crippen molar-refractivity contribution in [1.82, 2.24) is 5.32 Å². The highest BCUT2D eigenvalue weighted by atomic mass is 16.5. The van der Waals surface area contributed by atoms with Crippen LogP contribution in [0.5, 0.6) is 5.75 Å². The van der Waals surface area contributed by atoms with Gasteiger partial charge in [-0.15, -0.1) is 0 Å². The first-order valence-corrected chi connectivity index (χ1v) is 12.6. The molecule has 2 aromatic rings. The van der Waals surface area contributed by atoms with Crippen LogP contribution in [0.4, 0.5) is 0 Å². The third-order valence-corrected chi connectivity index (χ3v) is 7.01. The molecule has 2 N–H and O–H groups in total. The lowest BCUT2D eigenvalue weighted by Gasteiger charge is -2.38. The number of carbonyl (C=O) groups excluding carboxylic acids is 2. The number of aromatic hydroxyl groups is 1. The molecule has 4 rings (SSSR count). The molecule has 0 saturated carbocycles. The molecule has 2 unspecified atom stereocenters. The lowest BCUT2D eigenvalue weighted by molar-refractivity contribution is -0.139. The first kappa shape index (κ1) is 25.7. The molecular weight excluding hydrogens is 454 g/mol. The van der Waals surface area contributed by atoms with Gasteiger partial charge in [-0.3, -0.25) is 4.79 Å². The molecule has 1 aliphatic heterocycles. The Hall–Kier alpha value is -3.38. The highest BCUT2D eigenvalue weighted by Crippen LogP contribution is 2.47. The van der Waals surface area contributed by atoms with Crippen molar-refractivity contribution in [2.45, 2.75) is 59.3 Å². The van der Waals surface area contributed by atoms with Crippen molar-refractivity contribution in [3.63, 3.8) is 0 Å². The van der Waals surface area contributed by atoms with Crippen LogP contribution in [0.25, 0.3) is 0 Å². The van der Waals surface area contributed by atoms with E-state index in [1.54, 1.807) is 25.1 Å². The summed E-state index contributed by atoms with van der Waals surface area (Å²) in [5.41, 5.74) is 7.82. The SMILES string of the molecule is CCOCC1=C(C(=O)OCC)C(c2cccc(O)c2)C2=C(CC(c3c(C)cc(C)cc3C)CC2=O)N1. The molecule has 2 aromatic carbocycles. The van der Waals surface area contributed by atoms with Gasteiger partial charge in [0.15, 0.2) is 5.78 Å². The molecular formula is C30H35NO5. The minimum atomic E-state index is -0.642. The summed E-state index contributed by atoms with van der Waals surface area (Å²) in [5, 5.41) is 13.7. The summed E-state index contributed by atoms with van der Waals surface area (Å²) in [6.07, 6.45) is 1.00. The number of hydrogen-bond donors (Lipinski definition) is 2. The number of dihydropyridines is 1. The molecule has 0 amide bonds. The van der Waals surface area contributed by atoms with Gasteiger partial charge < -0.3 is 19.9 Å². The van der Waals surface area contributed by atoms with Crippen molar-refractivity contribution in [3.05, 3.63) is 86.8 Å². The molecule has 0 spiro atoms.